The van der Waals surface area contributed by atoms with E-state index in [9.17, 15) is 0 Å². The van der Waals surface area contributed by atoms with Crippen molar-refractivity contribution in [2.24, 2.45) is 0 Å². The molecule has 0 fully saturated rings. The summed E-state index contributed by atoms with van der Waals surface area (Å²) in [7, 11) is 0. The van der Waals surface area contributed by atoms with Crippen LogP contribution >= 0.6 is 0 Å². The smallest absolute Gasteiger partial charge is 0.127 e. The molecule has 0 aliphatic carbocycles. The first-order chi connectivity index (χ1) is 7.81. The molecular formula is C13H15N3. The molecule has 0 saturated carbocycles. The number of nitrogens with two attached hydrogens (primary N) is 1. The van der Waals surface area contributed by atoms with Gasteiger partial charge in [-0.05, 0) is 12.0 Å². The Morgan fingerprint density at radius 3 is 2.56 bits per heavy atom. The molecule has 1 aromatic carbocycles. The van der Waals surface area contributed by atoms with E-state index in [0.717, 1.165) is 12.1 Å². The molecule has 1 atom stereocenters. The summed E-state index contributed by atoms with van der Waals surface area (Å²) in [5, 5.41) is 0. The SMILES string of the molecule is CC[C@@H](c1ccccc1)c1cc(N)ncn1. The molecule has 2 rings (SSSR count). The predicted molar refractivity (Wildman–Crippen MR) is 65.0 cm³/mol. The molecule has 0 saturated heterocycles. The highest BCUT2D eigenvalue weighted by molar-refractivity contribution is 5.34. The maximum Gasteiger partial charge on any atom is 0.127 e. The van der Waals surface area contributed by atoms with Gasteiger partial charge in [-0.1, -0.05) is 37.3 Å². The fourth-order valence-corrected chi connectivity index (χ4v) is 1.88. The Morgan fingerprint density at radius 1 is 1.19 bits per heavy atom. The Morgan fingerprint density at radius 2 is 1.94 bits per heavy atom. The van der Waals surface area contributed by atoms with Gasteiger partial charge in [0.2, 0.25) is 0 Å². The molecule has 1 heterocycles. The lowest BCUT2D eigenvalue weighted by Crippen LogP contribution is -2.04. The molecule has 0 radical (unpaired) electrons. The van der Waals surface area contributed by atoms with Crippen LogP contribution in [-0.4, -0.2) is 9.97 Å². The van der Waals surface area contributed by atoms with Crippen LogP contribution < -0.4 is 5.73 Å². The Hall–Kier alpha value is -1.90. The third-order valence-electron chi connectivity index (χ3n) is 2.68. The third kappa shape index (κ3) is 2.19. The van der Waals surface area contributed by atoms with Gasteiger partial charge in [-0.3, -0.25) is 0 Å². The van der Waals surface area contributed by atoms with Crippen LogP contribution in [0.15, 0.2) is 42.7 Å². The van der Waals surface area contributed by atoms with E-state index in [-0.39, 0.29) is 0 Å². The first-order valence-corrected chi connectivity index (χ1v) is 5.43. The summed E-state index contributed by atoms with van der Waals surface area (Å²) < 4.78 is 0. The summed E-state index contributed by atoms with van der Waals surface area (Å²) in [4.78, 5) is 8.21. The molecule has 0 unspecified atom stereocenters. The van der Waals surface area contributed by atoms with Gasteiger partial charge in [0, 0.05) is 12.0 Å². The van der Waals surface area contributed by atoms with Crippen molar-refractivity contribution in [2.45, 2.75) is 19.3 Å². The number of rotatable bonds is 3. The number of nitrogens with zero attached hydrogens (tertiary/aromatic N) is 2. The van der Waals surface area contributed by atoms with E-state index < -0.39 is 0 Å². The summed E-state index contributed by atoms with van der Waals surface area (Å²) in [6, 6.07) is 12.2. The van der Waals surface area contributed by atoms with Crippen LogP contribution in [0.3, 0.4) is 0 Å². The minimum absolute atomic E-state index is 0.298. The van der Waals surface area contributed by atoms with Crippen molar-refractivity contribution in [1.82, 2.24) is 9.97 Å². The van der Waals surface area contributed by atoms with E-state index in [2.05, 4.69) is 29.0 Å². The molecule has 1 aromatic heterocycles. The fraction of sp³-hybridized carbons (Fsp3) is 0.231. The van der Waals surface area contributed by atoms with Gasteiger partial charge in [-0.25, -0.2) is 9.97 Å². The lowest BCUT2D eigenvalue weighted by Gasteiger charge is -2.14. The predicted octanol–water partition coefficient (Wildman–Crippen LogP) is 2.60. The van der Waals surface area contributed by atoms with Crippen molar-refractivity contribution in [1.29, 1.82) is 0 Å². The van der Waals surface area contributed by atoms with Gasteiger partial charge in [0.1, 0.15) is 12.1 Å². The Balaban J connectivity index is 2.37. The number of benzene rings is 1. The molecule has 3 nitrogen and oxygen atoms in total. The van der Waals surface area contributed by atoms with Gasteiger partial charge in [0.25, 0.3) is 0 Å². The second-order valence-electron chi connectivity index (χ2n) is 3.74. The summed E-state index contributed by atoms with van der Waals surface area (Å²) in [6.07, 6.45) is 2.52. The molecule has 0 spiro atoms. The van der Waals surface area contributed by atoms with E-state index in [4.69, 9.17) is 5.73 Å². The zero-order valence-electron chi connectivity index (χ0n) is 9.30. The number of hydrogen-bond acceptors (Lipinski definition) is 3. The second kappa shape index (κ2) is 4.75. The highest BCUT2D eigenvalue weighted by Crippen LogP contribution is 2.26. The maximum absolute atomic E-state index is 5.68. The molecule has 2 aromatic rings. The summed E-state index contributed by atoms with van der Waals surface area (Å²) in [6.45, 7) is 2.15. The van der Waals surface area contributed by atoms with Crippen LogP contribution in [0.4, 0.5) is 5.82 Å². The van der Waals surface area contributed by atoms with Gasteiger partial charge in [-0.15, -0.1) is 0 Å². The standard InChI is InChI=1S/C13H15N3/c1-2-11(10-6-4-3-5-7-10)12-8-13(14)16-9-15-12/h3-9,11H,2H2,1H3,(H2,14,15,16)/t11-/m0/s1. The largest absolute Gasteiger partial charge is 0.384 e. The minimum Gasteiger partial charge on any atom is -0.384 e. The first-order valence-electron chi connectivity index (χ1n) is 5.43. The van der Waals surface area contributed by atoms with Crippen molar-refractivity contribution in [3.8, 4) is 0 Å². The highest BCUT2D eigenvalue weighted by Gasteiger charge is 2.13. The molecule has 2 N–H and O–H groups in total. The number of hydrogen-bond donors (Lipinski definition) is 1. The van der Waals surface area contributed by atoms with Crippen LogP contribution in [0.25, 0.3) is 0 Å². The molecule has 0 aliphatic heterocycles. The van der Waals surface area contributed by atoms with Crippen LogP contribution in [0, 0.1) is 0 Å². The van der Waals surface area contributed by atoms with Gasteiger partial charge in [0.05, 0.1) is 5.69 Å². The van der Waals surface area contributed by atoms with E-state index in [1.807, 2.05) is 24.3 Å². The zero-order chi connectivity index (χ0) is 11.4. The normalized spacial score (nSPS) is 12.3. The molecule has 0 amide bonds. The quantitative estimate of drug-likeness (QED) is 0.852. The first kappa shape index (κ1) is 10.6. The van der Waals surface area contributed by atoms with Crippen molar-refractivity contribution in [3.63, 3.8) is 0 Å². The Bertz CT molecular complexity index is 454. The number of anilines is 1. The van der Waals surface area contributed by atoms with E-state index in [1.165, 1.54) is 11.9 Å². The Kier molecular flexibility index (Phi) is 3.15. The number of nitrogen functional groups attached to an aromatic ring is 1. The van der Waals surface area contributed by atoms with Crippen LogP contribution in [-0.2, 0) is 0 Å². The van der Waals surface area contributed by atoms with Gasteiger partial charge >= 0.3 is 0 Å². The number of aromatic nitrogens is 2. The average molecular weight is 213 g/mol. The zero-order valence-corrected chi connectivity index (χ0v) is 9.30. The molecule has 0 bridgehead atoms. The average Bonchev–Trinajstić information content (AvgIpc) is 2.31. The lowest BCUT2D eigenvalue weighted by atomic mass is 9.93. The molecule has 82 valence electrons. The highest BCUT2D eigenvalue weighted by atomic mass is 14.9. The van der Waals surface area contributed by atoms with Gasteiger partial charge in [0.15, 0.2) is 0 Å². The summed E-state index contributed by atoms with van der Waals surface area (Å²) in [5.41, 5.74) is 7.93. The Labute approximate surface area is 95.4 Å². The third-order valence-corrected chi connectivity index (χ3v) is 2.68. The van der Waals surface area contributed by atoms with Crippen LogP contribution in [0.2, 0.25) is 0 Å². The maximum atomic E-state index is 5.68. The topological polar surface area (TPSA) is 51.8 Å². The molecular weight excluding hydrogens is 198 g/mol. The van der Waals surface area contributed by atoms with Crippen molar-refractivity contribution in [2.75, 3.05) is 5.73 Å². The molecule has 3 heteroatoms. The van der Waals surface area contributed by atoms with Crippen molar-refractivity contribution < 1.29 is 0 Å². The lowest BCUT2D eigenvalue weighted by molar-refractivity contribution is 0.746. The fourth-order valence-electron chi connectivity index (χ4n) is 1.88. The second-order valence-corrected chi connectivity index (χ2v) is 3.74. The monoisotopic (exact) mass is 213 g/mol. The van der Waals surface area contributed by atoms with E-state index >= 15 is 0 Å². The van der Waals surface area contributed by atoms with E-state index in [0.29, 0.717) is 11.7 Å². The van der Waals surface area contributed by atoms with Crippen LogP contribution in [0.1, 0.15) is 30.5 Å². The molecule has 0 aliphatic rings. The van der Waals surface area contributed by atoms with Crippen molar-refractivity contribution in [3.05, 3.63) is 54.0 Å². The summed E-state index contributed by atoms with van der Waals surface area (Å²) >= 11 is 0. The van der Waals surface area contributed by atoms with Crippen molar-refractivity contribution >= 4 is 5.82 Å². The molecule has 16 heavy (non-hydrogen) atoms. The minimum atomic E-state index is 0.298. The van der Waals surface area contributed by atoms with Crippen LogP contribution in [0.5, 0.6) is 0 Å². The van der Waals surface area contributed by atoms with Gasteiger partial charge in [-0.2, -0.15) is 0 Å². The van der Waals surface area contributed by atoms with Gasteiger partial charge < -0.3 is 5.73 Å². The van der Waals surface area contributed by atoms with E-state index in [1.54, 1.807) is 0 Å². The summed E-state index contributed by atoms with van der Waals surface area (Å²) in [5.74, 6) is 0.825.